The lowest BCUT2D eigenvalue weighted by atomic mass is 10.1. The van der Waals surface area contributed by atoms with E-state index in [9.17, 15) is 4.79 Å². The van der Waals surface area contributed by atoms with Crippen LogP contribution in [0.2, 0.25) is 0 Å². The Labute approximate surface area is 98.7 Å². The minimum Gasteiger partial charge on any atom is -0.299 e. The van der Waals surface area contributed by atoms with Crippen molar-refractivity contribution in [3.63, 3.8) is 0 Å². The van der Waals surface area contributed by atoms with Crippen LogP contribution >= 0.6 is 0 Å². The molecule has 0 amide bonds. The van der Waals surface area contributed by atoms with Crippen molar-refractivity contribution < 1.29 is 4.79 Å². The van der Waals surface area contributed by atoms with E-state index in [1.54, 1.807) is 0 Å². The molecule has 0 saturated carbocycles. The topological polar surface area (TPSA) is 34.4 Å². The molecule has 2 heterocycles. The summed E-state index contributed by atoms with van der Waals surface area (Å²) in [6.07, 6.45) is 2.86. The van der Waals surface area contributed by atoms with E-state index in [1.807, 2.05) is 48.7 Å². The first-order valence-corrected chi connectivity index (χ1v) is 5.54. The van der Waals surface area contributed by atoms with Gasteiger partial charge >= 0.3 is 0 Å². The number of hydrogen-bond acceptors (Lipinski definition) is 2. The van der Waals surface area contributed by atoms with Gasteiger partial charge in [-0.15, -0.1) is 0 Å². The minimum atomic E-state index is 0.702. The van der Waals surface area contributed by atoms with Gasteiger partial charge in [-0.3, -0.25) is 9.20 Å². The molecule has 2 aromatic heterocycles. The molecule has 0 aliphatic rings. The van der Waals surface area contributed by atoms with Crippen molar-refractivity contribution >= 4 is 22.8 Å². The summed E-state index contributed by atoms with van der Waals surface area (Å²) in [7, 11) is 0. The third-order valence-corrected chi connectivity index (χ3v) is 3.06. The molecule has 0 atom stereocenters. The van der Waals surface area contributed by atoms with Gasteiger partial charge in [-0.2, -0.15) is 0 Å². The van der Waals surface area contributed by atoms with Crippen LogP contribution in [-0.4, -0.2) is 15.7 Å². The van der Waals surface area contributed by atoms with Gasteiger partial charge in [-0.05, 0) is 31.5 Å². The van der Waals surface area contributed by atoms with Crippen LogP contribution < -0.4 is 0 Å². The molecule has 17 heavy (non-hydrogen) atoms. The van der Waals surface area contributed by atoms with E-state index in [0.29, 0.717) is 5.56 Å². The number of aryl methyl sites for hydroxylation is 2. The van der Waals surface area contributed by atoms with Crippen molar-refractivity contribution in [3.8, 4) is 0 Å². The first kappa shape index (κ1) is 10.0. The summed E-state index contributed by atoms with van der Waals surface area (Å²) in [5.41, 5.74) is 4.63. The molecule has 3 aromatic rings. The normalized spacial score (nSPS) is 11.2. The highest BCUT2D eigenvalue weighted by molar-refractivity contribution is 5.98. The molecule has 0 unspecified atom stereocenters. The van der Waals surface area contributed by atoms with Gasteiger partial charge in [0.1, 0.15) is 5.65 Å². The van der Waals surface area contributed by atoms with E-state index in [4.69, 9.17) is 0 Å². The molecule has 84 valence electrons. The smallest absolute Gasteiger partial charge is 0.152 e. The van der Waals surface area contributed by atoms with Gasteiger partial charge in [0.2, 0.25) is 0 Å². The lowest BCUT2D eigenvalue weighted by Crippen LogP contribution is -1.94. The molecule has 0 spiro atoms. The maximum atomic E-state index is 11.1. The molecule has 0 bridgehead atoms. The third kappa shape index (κ3) is 1.35. The quantitative estimate of drug-likeness (QED) is 0.595. The monoisotopic (exact) mass is 224 g/mol. The molecule has 0 radical (unpaired) electrons. The predicted molar refractivity (Wildman–Crippen MR) is 67.6 cm³/mol. The zero-order valence-corrected chi connectivity index (χ0v) is 9.77. The van der Waals surface area contributed by atoms with E-state index in [-0.39, 0.29) is 0 Å². The molecule has 1 aromatic carbocycles. The lowest BCUT2D eigenvalue weighted by molar-refractivity contribution is 0.112. The van der Waals surface area contributed by atoms with Gasteiger partial charge in [-0.1, -0.05) is 12.1 Å². The summed E-state index contributed by atoms with van der Waals surface area (Å²) in [4.78, 5) is 15.6. The predicted octanol–water partition coefficient (Wildman–Crippen LogP) is 2.92. The number of para-hydroxylation sites is 1. The highest BCUT2D eigenvalue weighted by Gasteiger charge is 2.09. The number of benzene rings is 1. The number of carbonyl (C=O) groups is 1. The number of aromatic nitrogens is 2. The van der Waals surface area contributed by atoms with Crippen molar-refractivity contribution in [1.29, 1.82) is 0 Å². The van der Waals surface area contributed by atoms with Crippen LogP contribution in [-0.2, 0) is 0 Å². The number of carbonyl (C=O) groups excluding carboxylic acids is 1. The Morgan fingerprint density at radius 3 is 2.88 bits per heavy atom. The second-order valence-corrected chi connectivity index (χ2v) is 4.30. The van der Waals surface area contributed by atoms with Crippen molar-refractivity contribution in [2.75, 3.05) is 0 Å². The Hall–Kier alpha value is -2.16. The van der Waals surface area contributed by atoms with Crippen LogP contribution in [0.5, 0.6) is 0 Å². The largest absolute Gasteiger partial charge is 0.299 e. The van der Waals surface area contributed by atoms with Crippen LogP contribution in [0.3, 0.4) is 0 Å². The maximum absolute atomic E-state index is 11.1. The first-order valence-electron chi connectivity index (χ1n) is 5.54. The van der Waals surface area contributed by atoms with E-state index in [1.165, 1.54) is 0 Å². The van der Waals surface area contributed by atoms with Crippen LogP contribution in [0.25, 0.3) is 16.6 Å². The van der Waals surface area contributed by atoms with Crippen molar-refractivity contribution in [3.05, 3.63) is 47.3 Å². The second kappa shape index (κ2) is 3.42. The summed E-state index contributed by atoms with van der Waals surface area (Å²) in [5, 5.41) is 1.10. The fourth-order valence-electron chi connectivity index (χ4n) is 2.31. The summed E-state index contributed by atoms with van der Waals surface area (Å²) < 4.78 is 1.99. The number of nitrogens with zero attached hydrogens (tertiary/aromatic N) is 2. The molecule has 0 fully saturated rings. The molecule has 0 aliphatic heterocycles. The van der Waals surface area contributed by atoms with Crippen LogP contribution in [0.1, 0.15) is 21.6 Å². The summed E-state index contributed by atoms with van der Waals surface area (Å²) in [5.74, 6) is 0. The molecule has 0 saturated heterocycles. The number of pyridine rings is 1. The SMILES string of the molecule is Cc1cn2c(cc(C)c3cccc(C=O)c32)n1. The van der Waals surface area contributed by atoms with Gasteiger partial charge in [0.15, 0.2) is 6.29 Å². The summed E-state index contributed by atoms with van der Waals surface area (Å²) in [6, 6.07) is 7.83. The van der Waals surface area contributed by atoms with Gasteiger partial charge in [0.25, 0.3) is 0 Å². The Morgan fingerprint density at radius 1 is 1.29 bits per heavy atom. The number of fused-ring (bicyclic) bond motifs is 3. The van der Waals surface area contributed by atoms with Gasteiger partial charge in [-0.25, -0.2) is 4.98 Å². The second-order valence-electron chi connectivity index (χ2n) is 4.30. The molecular formula is C14H12N2O. The van der Waals surface area contributed by atoms with E-state index in [2.05, 4.69) is 4.98 Å². The Balaban J connectivity index is 2.65. The molecule has 0 aliphatic carbocycles. The summed E-state index contributed by atoms with van der Waals surface area (Å²) in [6.45, 7) is 4.00. The van der Waals surface area contributed by atoms with E-state index < -0.39 is 0 Å². The van der Waals surface area contributed by atoms with Crippen LogP contribution in [0.4, 0.5) is 0 Å². The van der Waals surface area contributed by atoms with Crippen molar-refractivity contribution in [1.82, 2.24) is 9.38 Å². The van der Waals surface area contributed by atoms with E-state index >= 15 is 0 Å². The van der Waals surface area contributed by atoms with E-state index in [0.717, 1.165) is 34.1 Å². The Morgan fingerprint density at radius 2 is 2.12 bits per heavy atom. The molecule has 3 heteroatoms. The maximum Gasteiger partial charge on any atom is 0.152 e. The molecule has 0 N–H and O–H groups in total. The summed E-state index contributed by atoms with van der Waals surface area (Å²) >= 11 is 0. The average molecular weight is 224 g/mol. The Bertz CT molecular complexity index is 741. The first-order chi connectivity index (χ1) is 8.20. The van der Waals surface area contributed by atoms with Crippen molar-refractivity contribution in [2.45, 2.75) is 13.8 Å². The minimum absolute atomic E-state index is 0.702. The standard InChI is InChI=1S/C14H12N2O/c1-9-6-13-15-10(2)7-16(13)14-11(8-17)4-3-5-12(9)14/h3-8H,1-2H3. The third-order valence-electron chi connectivity index (χ3n) is 3.06. The van der Waals surface area contributed by atoms with Crippen LogP contribution in [0.15, 0.2) is 30.5 Å². The average Bonchev–Trinajstić information content (AvgIpc) is 2.69. The number of aldehydes is 1. The zero-order chi connectivity index (χ0) is 12.0. The fourth-order valence-corrected chi connectivity index (χ4v) is 2.31. The highest BCUT2D eigenvalue weighted by atomic mass is 16.1. The Kier molecular flexibility index (Phi) is 2.01. The molecular weight excluding hydrogens is 212 g/mol. The zero-order valence-electron chi connectivity index (χ0n) is 9.77. The number of hydrogen-bond donors (Lipinski definition) is 0. The molecule has 3 nitrogen and oxygen atoms in total. The number of rotatable bonds is 1. The lowest BCUT2D eigenvalue weighted by Gasteiger charge is -2.07. The fraction of sp³-hybridized carbons (Fsp3) is 0.143. The molecule has 3 rings (SSSR count). The number of imidazole rings is 1. The highest BCUT2D eigenvalue weighted by Crippen LogP contribution is 2.23. The van der Waals surface area contributed by atoms with Crippen molar-refractivity contribution in [2.24, 2.45) is 0 Å². The van der Waals surface area contributed by atoms with Gasteiger partial charge < -0.3 is 0 Å². The van der Waals surface area contributed by atoms with Crippen LogP contribution in [0, 0.1) is 13.8 Å². The van der Waals surface area contributed by atoms with Gasteiger partial charge in [0.05, 0.1) is 11.2 Å². The van der Waals surface area contributed by atoms with Gasteiger partial charge in [0, 0.05) is 17.1 Å².